The molecule has 0 aliphatic carbocycles. The maximum atomic E-state index is 12.4. The number of nitrogens with one attached hydrogen (secondary N) is 2. The number of rotatable bonds is 5. The van der Waals surface area contributed by atoms with Crippen LogP contribution in [0.25, 0.3) is 0 Å². The highest BCUT2D eigenvalue weighted by atomic mass is 32.2. The van der Waals surface area contributed by atoms with E-state index in [9.17, 15) is 8.42 Å². The molecule has 0 aliphatic heterocycles. The van der Waals surface area contributed by atoms with E-state index < -0.39 is 10.0 Å². The van der Waals surface area contributed by atoms with Gasteiger partial charge in [-0.05, 0) is 57.1 Å². The second-order valence-corrected chi connectivity index (χ2v) is 8.63. The fourth-order valence-electron chi connectivity index (χ4n) is 1.71. The predicted molar refractivity (Wildman–Crippen MR) is 95.8 cm³/mol. The van der Waals surface area contributed by atoms with Crippen molar-refractivity contribution in [1.82, 2.24) is 9.62 Å². The second kappa shape index (κ2) is 6.93. The summed E-state index contributed by atoms with van der Waals surface area (Å²) in [7, 11) is -0.516. The molecule has 7 heteroatoms. The summed E-state index contributed by atoms with van der Waals surface area (Å²) in [5.41, 5.74) is 1.28. The highest BCUT2D eigenvalue weighted by Crippen LogP contribution is 2.25. The summed E-state index contributed by atoms with van der Waals surface area (Å²) in [4.78, 5) is 0.210. The van der Waals surface area contributed by atoms with E-state index in [0.717, 1.165) is 12.0 Å². The molecule has 0 radical (unpaired) electrons. The third-order valence-corrected chi connectivity index (χ3v) is 5.56. The van der Waals surface area contributed by atoms with Gasteiger partial charge in [0.1, 0.15) is 4.90 Å². The Kier molecular flexibility index (Phi) is 5.95. The van der Waals surface area contributed by atoms with Gasteiger partial charge in [-0.25, -0.2) is 12.7 Å². The van der Waals surface area contributed by atoms with Gasteiger partial charge in [0.25, 0.3) is 0 Å². The maximum Gasteiger partial charge on any atom is 0.244 e. The summed E-state index contributed by atoms with van der Waals surface area (Å²) >= 11 is 5.31. The van der Waals surface area contributed by atoms with Crippen molar-refractivity contribution in [3.05, 3.63) is 23.8 Å². The first kappa shape index (κ1) is 18.9. The van der Waals surface area contributed by atoms with Crippen LogP contribution in [0.4, 0.5) is 5.69 Å². The monoisotopic (exact) mass is 343 g/mol. The summed E-state index contributed by atoms with van der Waals surface area (Å²) in [6.45, 7) is 8.04. The first-order valence-electron chi connectivity index (χ1n) is 7.12. The lowest BCUT2D eigenvalue weighted by Gasteiger charge is -2.27. The van der Waals surface area contributed by atoms with Gasteiger partial charge >= 0.3 is 0 Å². The van der Waals surface area contributed by atoms with Crippen molar-refractivity contribution in [2.24, 2.45) is 0 Å². The molecule has 0 aliphatic rings. The van der Waals surface area contributed by atoms with Crippen LogP contribution in [-0.4, -0.2) is 37.5 Å². The molecule has 5 nitrogen and oxygen atoms in total. The third-order valence-electron chi connectivity index (χ3n) is 3.48. The van der Waals surface area contributed by atoms with E-state index in [4.69, 9.17) is 12.2 Å². The second-order valence-electron chi connectivity index (χ2n) is 6.10. The van der Waals surface area contributed by atoms with Gasteiger partial charge in [-0.1, -0.05) is 13.0 Å². The Hall–Kier alpha value is -1.18. The lowest BCUT2D eigenvalue weighted by Crippen LogP contribution is -2.45. The molecular weight excluding hydrogens is 318 g/mol. The molecule has 1 aromatic carbocycles. The van der Waals surface area contributed by atoms with Gasteiger partial charge in [0.2, 0.25) is 10.0 Å². The average Bonchev–Trinajstić information content (AvgIpc) is 2.37. The molecule has 22 heavy (non-hydrogen) atoms. The van der Waals surface area contributed by atoms with E-state index in [1.165, 1.54) is 18.4 Å². The average molecular weight is 344 g/mol. The van der Waals surface area contributed by atoms with Crippen molar-refractivity contribution < 1.29 is 8.42 Å². The SMILES string of the molecule is CCC(C)(C)NC(=S)Nc1cc(C)ccc1S(=O)(=O)N(C)C. The zero-order valence-corrected chi connectivity index (χ0v) is 15.7. The van der Waals surface area contributed by atoms with Crippen molar-refractivity contribution in [3.63, 3.8) is 0 Å². The smallest absolute Gasteiger partial charge is 0.244 e. The Morgan fingerprint density at radius 3 is 2.41 bits per heavy atom. The molecule has 1 rings (SSSR count). The van der Waals surface area contributed by atoms with Crippen LogP contribution < -0.4 is 10.6 Å². The van der Waals surface area contributed by atoms with Gasteiger partial charge in [0.05, 0.1) is 5.69 Å². The summed E-state index contributed by atoms with van der Waals surface area (Å²) in [5, 5.41) is 6.62. The zero-order chi connectivity index (χ0) is 17.1. The first-order valence-corrected chi connectivity index (χ1v) is 8.97. The third kappa shape index (κ3) is 4.66. The molecular formula is C15H25N3O2S2. The van der Waals surface area contributed by atoms with Crippen molar-refractivity contribution in [2.75, 3.05) is 19.4 Å². The fraction of sp³-hybridized carbons (Fsp3) is 0.533. The van der Waals surface area contributed by atoms with Crippen molar-refractivity contribution >= 4 is 33.0 Å². The van der Waals surface area contributed by atoms with Gasteiger partial charge in [0, 0.05) is 19.6 Å². The molecule has 2 N–H and O–H groups in total. The molecule has 0 atom stereocenters. The molecule has 124 valence electrons. The number of anilines is 1. The van der Waals surface area contributed by atoms with Gasteiger partial charge in [0.15, 0.2) is 5.11 Å². The number of benzene rings is 1. The lowest BCUT2D eigenvalue weighted by molar-refractivity contribution is 0.448. The quantitative estimate of drug-likeness (QED) is 0.805. The summed E-state index contributed by atoms with van der Waals surface area (Å²) in [5.74, 6) is 0. The van der Waals surface area contributed by atoms with Gasteiger partial charge in [-0.15, -0.1) is 0 Å². The van der Waals surface area contributed by atoms with Crippen LogP contribution in [-0.2, 0) is 10.0 Å². The molecule has 0 heterocycles. The van der Waals surface area contributed by atoms with E-state index in [2.05, 4.69) is 17.6 Å². The van der Waals surface area contributed by atoms with Crippen LogP contribution in [0, 0.1) is 6.92 Å². The van der Waals surface area contributed by atoms with E-state index in [1.54, 1.807) is 18.2 Å². The maximum absolute atomic E-state index is 12.4. The van der Waals surface area contributed by atoms with Crippen LogP contribution in [0.1, 0.15) is 32.8 Å². The predicted octanol–water partition coefficient (Wildman–Crippen LogP) is 2.72. The molecule has 0 aromatic heterocycles. The largest absolute Gasteiger partial charge is 0.358 e. The van der Waals surface area contributed by atoms with Crippen LogP contribution in [0.3, 0.4) is 0 Å². The molecule has 0 saturated carbocycles. The standard InChI is InChI=1S/C15H25N3O2S2/c1-7-15(3,4)17-14(21)16-12-10-11(2)8-9-13(12)22(19,20)18(5)6/h8-10H,7H2,1-6H3,(H2,16,17,21). The molecule has 1 aromatic rings. The van der Waals surface area contributed by atoms with Crippen molar-refractivity contribution in [3.8, 4) is 0 Å². The van der Waals surface area contributed by atoms with Gasteiger partial charge in [-0.2, -0.15) is 0 Å². The highest BCUT2D eigenvalue weighted by molar-refractivity contribution is 7.89. The topological polar surface area (TPSA) is 61.4 Å². The van der Waals surface area contributed by atoms with Gasteiger partial charge in [-0.3, -0.25) is 0 Å². The Labute approximate surface area is 139 Å². The highest BCUT2D eigenvalue weighted by Gasteiger charge is 2.23. The van der Waals surface area contributed by atoms with Crippen molar-refractivity contribution in [1.29, 1.82) is 0 Å². The summed E-state index contributed by atoms with van der Waals surface area (Å²) < 4.78 is 26.0. The lowest BCUT2D eigenvalue weighted by atomic mass is 10.0. The molecule has 0 spiro atoms. The van der Waals surface area contributed by atoms with Crippen LogP contribution >= 0.6 is 12.2 Å². The Morgan fingerprint density at radius 2 is 1.91 bits per heavy atom. The number of thiocarbonyl (C=S) groups is 1. The number of sulfonamides is 1. The minimum atomic E-state index is -3.54. The summed E-state index contributed by atoms with van der Waals surface area (Å²) in [6.07, 6.45) is 0.894. The number of nitrogens with zero attached hydrogens (tertiary/aromatic N) is 1. The zero-order valence-electron chi connectivity index (χ0n) is 14.0. The number of aryl methyl sites for hydroxylation is 1. The Morgan fingerprint density at radius 1 is 1.32 bits per heavy atom. The first-order chi connectivity index (χ1) is 9.99. The van der Waals surface area contributed by atoms with Crippen molar-refractivity contribution in [2.45, 2.75) is 44.6 Å². The Bertz CT molecular complexity index is 653. The molecule has 0 amide bonds. The molecule has 0 unspecified atom stereocenters. The normalized spacial score (nSPS) is 12.3. The van der Waals surface area contributed by atoms with E-state index in [1.807, 2.05) is 20.8 Å². The Balaban J connectivity index is 3.15. The number of hydrogen-bond donors (Lipinski definition) is 2. The summed E-state index contributed by atoms with van der Waals surface area (Å²) in [6, 6.07) is 5.15. The molecule has 0 bridgehead atoms. The molecule has 0 saturated heterocycles. The van der Waals surface area contributed by atoms with E-state index >= 15 is 0 Å². The van der Waals surface area contributed by atoms with Crippen LogP contribution in [0.15, 0.2) is 23.1 Å². The minimum Gasteiger partial charge on any atom is -0.358 e. The van der Waals surface area contributed by atoms with E-state index in [-0.39, 0.29) is 10.4 Å². The molecule has 0 fully saturated rings. The minimum absolute atomic E-state index is 0.158. The number of hydrogen-bond acceptors (Lipinski definition) is 3. The fourth-order valence-corrected chi connectivity index (χ4v) is 3.12. The van der Waals surface area contributed by atoms with Crippen LogP contribution in [0.2, 0.25) is 0 Å². The van der Waals surface area contributed by atoms with Gasteiger partial charge < -0.3 is 10.6 Å². The van der Waals surface area contributed by atoms with Crippen LogP contribution in [0.5, 0.6) is 0 Å². The van der Waals surface area contributed by atoms with E-state index in [0.29, 0.717) is 10.8 Å².